The Morgan fingerprint density at radius 1 is 0.861 bits per heavy atom. The average Bonchev–Trinajstić information content (AvgIpc) is 2.89. The fourth-order valence-electron chi connectivity index (χ4n) is 3.66. The lowest BCUT2D eigenvalue weighted by atomic mass is 10.2. The molecule has 0 saturated carbocycles. The highest BCUT2D eigenvalue weighted by molar-refractivity contribution is 7.89. The highest BCUT2D eigenvalue weighted by atomic mass is 32.2. The molecule has 11 nitrogen and oxygen atoms in total. The molecule has 2 aromatic carbocycles. The number of sulfonamides is 2. The molecule has 1 aliphatic rings. The van der Waals surface area contributed by atoms with Gasteiger partial charge >= 0.3 is 0 Å². The zero-order valence-corrected chi connectivity index (χ0v) is 21.4. The van der Waals surface area contributed by atoms with Crippen LogP contribution in [-0.2, 0) is 20.0 Å². The van der Waals surface area contributed by atoms with Crippen LogP contribution in [0.1, 0.15) is 10.4 Å². The first-order chi connectivity index (χ1) is 17.1. The van der Waals surface area contributed by atoms with Gasteiger partial charge in [0.25, 0.3) is 5.91 Å². The van der Waals surface area contributed by atoms with Crippen LogP contribution < -0.4 is 10.2 Å². The van der Waals surface area contributed by atoms with E-state index in [1.807, 2.05) is 4.90 Å². The number of hydrogen-bond donors (Lipinski definition) is 1. The molecule has 1 saturated heterocycles. The number of aromatic nitrogens is 2. The van der Waals surface area contributed by atoms with Crippen molar-refractivity contribution in [2.45, 2.75) is 9.79 Å². The molecule has 36 heavy (non-hydrogen) atoms. The van der Waals surface area contributed by atoms with Gasteiger partial charge in [0.05, 0.1) is 16.0 Å². The largest absolute Gasteiger partial charge is 0.353 e. The van der Waals surface area contributed by atoms with Crippen molar-refractivity contribution < 1.29 is 21.6 Å². The van der Waals surface area contributed by atoms with Crippen LogP contribution in [0.25, 0.3) is 0 Å². The summed E-state index contributed by atoms with van der Waals surface area (Å²) in [6, 6.07) is 11.5. The monoisotopic (exact) mass is 530 g/mol. The van der Waals surface area contributed by atoms with E-state index in [1.54, 1.807) is 18.6 Å². The summed E-state index contributed by atoms with van der Waals surface area (Å²) in [5.41, 5.74) is 0.682. The minimum Gasteiger partial charge on any atom is -0.353 e. The quantitative estimate of drug-likeness (QED) is 0.486. The molecule has 1 fully saturated rings. The SMILES string of the molecule is CN(C)S(=O)(=O)c1ccc(C(=O)Nc2ccc(S(=O)(=O)N3CCN(c4cnccn4)CC3)cc2)cc1. The summed E-state index contributed by atoms with van der Waals surface area (Å²) in [4.78, 5) is 23.1. The van der Waals surface area contributed by atoms with Gasteiger partial charge in [-0.05, 0) is 48.5 Å². The number of hydrogen-bond acceptors (Lipinski definition) is 8. The second-order valence-electron chi connectivity index (χ2n) is 8.25. The maximum absolute atomic E-state index is 13.1. The Balaban J connectivity index is 1.39. The first kappa shape index (κ1) is 25.7. The normalized spacial score (nSPS) is 15.1. The molecule has 0 aliphatic carbocycles. The summed E-state index contributed by atoms with van der Waals surface area (Å²) < 4.78 is 53.0. The van der Waals surface area contributed by atoms with Crippen LogP contribution in [0.2, 0.25) is 0 Å². The lowest BCUT2D eigenvalue weighted by molar-refractivity contribution is 0.102. The fourth-order valence-corrected chi connectivity index (χ4v) is 5.99. The average molecular weight is 531 g/mol. The van der Waals surface area contributed by atoms with Crippen molar-refractivity contribution in [3.63, 3.8) is 0 Å². The van der Waals surface area contributed by atoms with Crippen molar-refractivity contribution in [3.05, 3.63) is 72.7 Å². The van der Waals surface area contributed by atoms with Crippen molar-refractivity contribution in [1.29, 1.82) is 0 Å². The van der Waals surface area contributed by atoms with Crippen LogP contribution in [-0.4, -0.2) is 81.6 Å². The molecular formula is C23H26N6O5S2. The topological polar surface area (TPSA) is 133 Å². The van der Waals surface area contributed by atoms with E-state index in [0.717, 1.165) is 4.31 Å². The lowest BCUT2D eigenvalue weighted by Gasteiger charge is -2.34. The van der Waals surface area contributed by atoms with Crippen molar-refractivity contribution in [1.82, 2.24) is 18.6 Å². The molecule has 1 N–H and O–H groups in total. The molecule has 3 aromatic rings. The minimum atomic E-state index is -3.69. The Hall–Kier alpha value is -3.39. The Kier molecular flexibility index (Phi) is 7.36. The van der Waals surface area contributed by atoms with E-state index in [-0.39, 0.29) is 15.4 Å². The van der Waals surface area contributed by atoms with E-state index in [2.05, 4.69) is 15.3 Å². The number of piperazine rings is 1. The van der Waals surface area contributed by atoms with Crippen LogP contribution in [0.4, 0.5) is 11.5 Å². The van der Waals surface area contributed by atoms with Crippen molar-refractivity contribution in [2.75, 3.05) is 50.5 Å². The maximum atomic E-state index is 13.1. The van der Waals surface area contributed by atoms with Gasteiger partial charge in [-0.25, -0.2) is 26.1 Å². The number of benzene rings is 2. The molecule has 1 amide bonds. The second kappa shape index (κ2) is 10.3. The summed E-state index contributed by atoms with van der Waals surface area (Å²) in [6.45, 7) is 1.63. The second-order valence-corrected chi connectivity index (χ2v) is 12.3. The van der Waals surface area contributed by atoms with Crippen LogP contribution in [0, 0.1) is 0 Å². The van der Waals surface area contributed by atoms with Crippen LogP contribution in [0.3, 0.4) is 0 Å². The van der Waals surface area contributed by atoms with Gasteiger partial charge in [0, 0.05) is 63.9 Å². The van der Waals surface area contributed by atoms with Crippen LogP contribution in [0.15, 0.2) is 76.9 Å². The van der Waals surface area contributed by atoms with Gasteiger partial charge in [-0.3, -0.25) is 9.78 Å². The Labute approximate surface area is 210 Å². The molecule has 0 bridgehead atoms. The van der Waals surface area contributed by atoms with Crippen molar-refractivity contribution >= 4 is 37.5 Å². The van der Waals surface area contributed by atoms with Gasteiger partial charge in [-0.15, -0.1) is 0 Å². The number of carbonyl (C=O) groups is 1. The number of amides is 1. The van der Waals surface area contributed by atoms with E-state index in [1.165, 1.54) is 66.9 Å². The van der Waals surface area contributed by atoms with Crippen molar-refractivity contribution in [3.8, 4) is 0 Å². The molecule has 190 valence electrons. The summed E-state index contributed by atoms with van der Waals surface area (Å²) >= 11 is 0. The molecule has 2 heterocycles. The first-order valence-electron chi connectivity index (χ1n) is 11.0. The third kappa shape index (κ3) is 5.38. The molecule has 0 spiro atoms. The molecule has 0 unspecified atom stereocenters. The number of anilines is 2. The van der Waals surface area contributed by atoms with Crippen molar-refractivity contribution in [2.24, 2.45) is 0 Å². The number of carbonyl (C=O) groups excluding carboxylic acids is 1. The Morgan fingerprint density at radius 2 is 1.47 bits per heavy atom. The molecular weight excluding hydrogens is 504 g/mol. The first-order valence-corrected chi connectivity index (χ1v) is 13.9. The van der Waals surface area contributed by atoms with E-state index in [9.17, 15) is 21.6 Å². The van der Waals surface area contributed by atoms with E-state index >= 15 is 0 Å². The van der Waals surface area contributed by atoms with Gasteiger partial charge in [0.2, 0.25) is 20.0 Å². The number of rotatable bonds is 7. The standard InChI is InChI=1S/C23H26N6O5S2/c1-27(2)35(31,32)20-7-3-18(4-8-20)23(30)26-19-5-9-21(10-6-19)36(33,34)29-15-13-28(14-16-29)22-17-24-11-12-25-22/h3-12,17H,13-16H2,1-2H3,(H,26,30). The summed E-state index contributed by atoms with van der Waals surface area (Å²) in [6.07, 6.45) is 4.84. The highest BCUT2D eigenvalue weighted by Gasteiger charge is 2.29. The van der Waals surface area contributed by atoms with Gasteiger partial charge in [-0.2, -0.15) is 4.31 Å². The molecule has 13 heteroatoms. The van der Waals surface area contributed by atoms with Crippen LogP contribution in [0.5, 0.6) is 0 Å². The summed E-state index contributed by atoms with van der Waals surface area (Å²) in [5.74, 6) is 0.267. The molecule has 1 aromatic heterocycles. The van der Waals surface area contributed by atoms with Gasteiger partial charge in [0.15, 0.2) is 0 Å². The molecule has 0 atom stereocenters. The van der Waals surface area contributed by atoms with Gasteiger partial charge in [-0.1, -0.05) is 0 Å². The van der Waals surface area contributed by atoms with Gasteiger partial charge < -0.3 is 10.2 Å². The molecule has 0 radical (unpaired) electrons. The summed E-state index contributed by atoms with van der Waals surface area (Å²) in [5, 5.41) is 2.69. The number of nitrogens with one attached hydrogen (secondary N) is 1. The summed E-state index contributed by atoms with van der Waals surface area (Å²) in [7, 11) is -4.42. The van der Waals surface area contributed by atoms with Gasteiger partial charge in [0.1, 0.15) is 5.82 Å². The van der Waals surface area contributed by atoms with Crippen LogP contribution >= 0.6 is 0 Å². The maximum Gasteiger partial charge on any atom is 0.255 e. The minimum absolute atomic E-state index is 0.0798. The highest BCUT2D eigenvalue weighted by Crippen LogP contribution is 2.22. The zero-order chi connectivity index (χ0) is 25.9. The third-order valence-electron chi connectivity index (χ3n) is 5.76. The lowest BCUT2D eigenvalue weighted by Crippen LogP contribution is -2.48. The molecule has 1 aliphatic heterocycles. The number of nitrogens with zero attached hydrogens (tertiary/aromatic N) is 5. The van der Waals surface area contributed by atoms with E-state index in [0.29, 0.717) is 37.7 Å². The fraction of sp³-hybridized carbons (Fsp3) is 0.261. The van der Waals surface area contributed by atoms with E-state index < -0.39 is 26.0 Å². The zero-order valence-electron chi connectivity index (χ0n) is 19.8. The third-order valence-corrected chi connectivity index (χ3v) is 9.50. The predicted octanol–water partition coefficient (Wildman–Crippen LogP) is 1.49. The Bertz CT molecular complexity index is 1420. The smallest absolute Gasteiger partial charge is 0.255 e. The molecule has 4 rings (SSSR count). The van der Waals surface area contributed by atoms with E-state index in [4.69, 9.17) is 0 Å². The Morgan fingerprint density at radius 3 is 2.03 bits per heavy atom. The predicted molar refractivity (Wildman–Crippen MR) is 135 cm³/mol.